The van der Waals surface area contributed by atoms with Crippen molar-refractivity contribution in [3.05, 3.63) is 17.5 Å². The molecule has 18 heavy (non-hydrogen) atoms. The van der Waals surface area contributed by atoms with Crippen LogP contribution in [0.25, 0.3) is 0 Å². The molecular weight excluding hydrogens is 234 g/mol. The molecule has 0 spiro atoms. The zero-order valence-electron chi connectivity index (χ0n) is 11.3. The summed E-state index contributed by atoms with van der Waals surface area (Å²) in [5.41, 5.74) is 1.27. The fourth-order valence-corrected chi connectivity index (χ4v) is 1.63. The second-order valence-corrected chi connectivity index (χ2v) is 3.95. The van der Waals surface area contributed by atoms with E-state index in [1.165, 1.54) is 4.90 Å². The highest BCUT2D eigenvalue weighted by Gasteiger charge is 2.19. The first-order valence-corrected chi connectivity index (χ1v) is 5.95. The first-order valence-electron chi connectivity index (χ1n) is 5.95. The summed E-state index contributed by atoms with van der Waals surface area (Å²) >= 11 is 0. The molecule has 0 N–H and O–H groups in total. The van der Waals surface area contributed by atoms with Crippen molar-refractivity contribution in [1.29, 1.82) is 0 Å². The third-order valence-corrected chi connectivity index (χ3v) is 2.44. The Kier molecular flexibility index (Phi) is 4.88. The highest BCUT2D eigenvalue weighted by Crippen LogP contribution is 2.07. The number of ether oxygens (including phenoxy) is 1. The summed E-state index contributed by atoms with van der Waals surface area (Å²) in [7, 11) is 1.57. The fourth-order valence-electron chi connectivity index (χ4n) is 1.63. The largest absolute Gasteiger partial charge is 0.465 e. The van der Waals surface area contributed by atoms with E-state index in [2.05, 4.69) is 5.10 Å². The van der Waals surface area contributed by atoms with Gasteiger partial charge in [-0.15, -0.1) is 0 Å². The average Bonchev–Trinajstić information content (AvgIpc) is 2.69. The molecule has 6 heteroatoms. The van der Waals surface area contributed by atoms with Crippen LogP contribution in [0.15, 0.2) is 6.07 Å². The van der Waals surface area contributed by atoms with Crippen LogP contribution >= 0.6 is 0 Å². The van der Waals surface area contributed by atoms with Crippen LogP contribution in [-0.4, -0.2) is 46.8 Å². The van der Waals surface area contributed by atoms with E-state index in [1.54, 1.807) is 24.7 Å². The van der Waals surface area contributed by atoms with Gasteiger partial charge in [0.15, 0.2) is 0 Å². The molecule has 6 nitrogen and oxygen atoms in total. The van der Waals surface area contributed by atoms with Crippen LogP contribution in [0.4, 0.5) is 0 Å². The molecule has 0 aromatic carbocycles. The van der Waals surface area contributed by atoms with E-state index in [-0.39, 0.29) is 12.5 Å². The van der Waals surface area contributed by atoms with E-state index in [0.717, 1.165) is 5.69 Å². The lowest BCUT2D eigenvalue weighted by Crippen LogP contribution is -2.34. The number of hydrogen-bond donors (Lipinski definition) is 0. The van der Waals surface area contributed by atoms with Gasteiger partial charge in [-0.3, -0.25) is 14.3 Å². The Bertz CT molecular complexity index is 440. The van der Waals surface area contributed by atoms with E-state index in [4.69, 9.17) is 4.74 Å². The van der Waals surface area contributed by atoms with Gasteiger partial charge in [0.05, 0.1) is 12.3 Å². The number of carbonyl (C=O) groups is 2. The molecule has 0 radical (unpaired) electrons. The van der Waals surface area contributed by atoms with E-state index in [9.17, 15) is 9.59 Å². The minimum Gasteiger partial charge on any atom is -0.465 e. The van der Waals surface area contributed by atoms with Crippen LogP contribution in [0.5, 0.6) is 0 Å². The van der Waals surface area contributed by atoms with Gasteiger partial charge >= 0.3 is 5.97 Å². The van der Waals surface area contributed by atoms with E-state index < -0.39 is 5.97 Å². The van der Waals surface area contributed by atoms with Crippen molar-refractivity contribution in [2.24, 2.45) is 0 Å². The smallest absolute Gasteiger partial charge is 0.325 e. The number of aromatic nitrogens is 2. The minimum atomic E-state index is -0.410. The van der Waals surface area contributed by atoms with Crippen molar-refractivity contribution >= 4 is 11.9 Å². The zero-order valence-corrected chi connectivity index (χ0v) is 11.3. The summed E-state index contributed by atoms with van der Waals surface area (Å²) in [4.78, 5) is 24.8. The highest BCUT2D eigenvalue weighted by atomic mass is 16.5. The topological polar surface area (TPSA) is 64.4 Å². The molecule has 0 unspecified atom stereocenters. The molecule has 0 fully saturated rings. The Morgan fingerprint density at radius 2 is 2.11 bits per heavy atom. The van der Waals surface area contributed by atoms with Crippen molar-refractivity contribution < 1.29 is 14.3 Å². The lowest BCUT2D eigenvalue weighted by atomic mass is 10.3. The fraction of sp³-hybridized carbons (Fsp3) is 0.583. The molecule has 0 saturated heterocycles. The molecule has 0 bridgehead atoms. The standard InChI is InChI=1S/C12H19N3O3/c1-5-15-10(7-9(3)13-15)12(17)14(4)8-11(16)18-6-2/h7H,5-6,8H2,1-4H3. The molecule has 0 aliphatic carbocycles. The molecule has 1 rings (SSSR count). The molecular formula is C12H19N3O3. The number of carbonyl (C=O) groups excluding carboxylic acids is 2. The van der Waals surface area contributed by atoms with Crippen molar-refractivity contribution in [3.63, 3.8) is 0 Å². The van der Waals surface area contributed by atoms with Gasteiger partial charge in [0, 0.05) is 13.6 Å². The normalized spacial score (nSPS) is 10.2. The Morgan fingerprint density at radius 1 is 1.44 bits per heavy atom. The zero-order chi connectivity index (χ0) is 13.7. The van der Waals surface area contributed by atoms with Gasteiger partial charge in [-0.2, -0.15) is 5.10 Å². The maximum absolute atomic E-state index is 12.1. The van der Waals surface area contributed by atoms with Gasteiger partial charge in [-0.1, -0.05) is 0 Å². The first kappa shape index (κ1) is 14.2. The maximum Gasteiger partial charge on any atom is 0.325 e. The number of esters is 1. The molecule has 0 aliphatic rings. The lowest BCUT2D eigenvalue weighted by molar-refractivity contribution is -0.143. The van der Waals surface area contributed by atoms with Gasteiger partial charge in [-0.05, 0) is 26.8 Å². The van der Waals surface area contributed by atoms with Gasteiger partial charge < -0.3 is 9.64 Å². The van der Waals surface area contributed by atoms with Crippen molar-refractivity contribution in [2.45, 2.75) is 27.3 Å². The number of likely N-dealkylation sites (N-methyl/N-ethyl adjacent to an activating group) is 1. The summed E-state index contributed by atoms with van der Waals surface area (Å²) < 4.78 is 6.43. The average molecular weight is 253 g/mol. The minimum absolute atomic E-state index is 0.0549. The first-order chi connectivity index (χ1) is 8.49. The van der Waals surface area contributed by atoms with Crippen molar-refractivity contribution in [1.82, 2.24) is 14.7 Å². The van der Waals surface area contributed by atoms with Gasteiger partial charge in [0.2, 0.25) is 0 Å². The van der Waals surface area contributed by atoms with E-state index in [1.807, 2.05) is 13.8 Å². The van der Waals surface area contributed by atoms with Crippen LogP contribution in [0.1, 0.15) is 30.0 Å². The number of hydrogen-bond acceptors (Lipinski definition) is 4. The van der Waals surface area contributed by atoms with Crippen LogP contribution in [-0.2, 0) is 16.1 Å². The number of amides is 1. The molecule has 1 aromatic heterocycles. The Labute approximate surface area is 107 Å². The summed E-state index contributed by atoms with van der Waals surface area (Å²) in [5, 5.41) is 4.20. The lowest BCUT2D eigenvalue weighted by Gasteiger charge is -2.16. The van der Waals surface area contributed by atoms with E-state index >= 15 is 0 Å². The maximum atomic E-state index is 12.1. The van der Waals surface area contributed by atoms with Crippen LogP contribution < -0.4 is 0 Å². The van der Waals surface area contributed by atoms with Crippen LogP contribution in [0.3, 0.4) is 0 Å². The molecule has 0 saturated carbocycles. The molecule has 1 heterocycles. The molecule has 0 aliphatic heterocycles. The van der Waals surface area contributed by atoms with Crippen LogP contribution in [0, 0.1) is 6.92 Å². The Hall–Kier alpha value is -1.85. The summed E-state index contributed by atoms with van der Waals surface area (Å²) in [6, 6.07) is 1.72. The molecule has 100 valence electrons. The summed E-state index contributed by atoms with van der Waals surface area (Å²) in [6.45, 7) is 6.34. The number of aryl methyl sites for hydroxylation is 2. The predicted octanol–water partition coefficient (Wildman–Crippen LogP) is 0.847. The summed E-state index contributed by atoms with van der Waals surface area (Å²) in [6.07, 6.45) is 0. The highest BCUT2D eigenvalue weighted by molar-refractivity contribution is 5.94. The summed E-state index contributed by atoms with van der Waals surface area (Å²) in [5.74, 6) is -0.641. The molecule has 1 amide bonds. The third kappa shape index (κ3) is 3.32. The monoisotopic (exact) mass is 253 g/mol. The predicted molar refractivity (Wildman–Crippen MR) is 66.2 cm³/mol. The third-order valence-electron chi connectivity index (χ3n) is 2.44. The Balaban J connectivity index is 2.76. The van der Waals surface area contributed by atoms with Crippen molar-refractivity contribution in [2.75, 3.05) is 20.2 Å². The molecule has 0 atom stereocenters. The Morgan fingerprint density at radius 3 is 2.67 bits per heavy atom. The van der Waals surface area contributed by atoms with Gasteiger partial charge in [0.1, 0.15) is 12.2 Å². The quantitative estimate of drug-likeness (QED) is 0.730. The second kappa shape index (κ2) is 6.18. The van der Waals surface area contributed by atoms with Crippen LogP contribution in [0.2, 0.25) is 0 Å². The molecule has 1 aromatic rings. The van der Waals surface area contributed by atoms with Crippen molar-refractivity contribution in [3.8, 4) is 0 Å². The van der Waals surface area contributed by atoms with Gasteiger partial charge in [0.25, 0.3) is 5.91 Å². The van der Waals surface area contributed by atoms with Gasteiger partial charge in [-0.25, -0.2) is 0 Å². The van der Waals surface area contributed by atoms with E-state index in [0.29, 0.717) is 18.8 Å². The number of rotatable bonds is 5. The second-order valence-electron chi connectivity index (χ2n) is 3.95. The SMILES string of the molecule is CCOC(=O)CN(C)C(=O)c1cc(C)nn1CC. The number of nitrogens with zero attached hydrogens (tertiary/aromatic N) is 3.